The van der Waals surface area contributed by atoms with Crippen molar-refractivity contribution in [2.24, 2.45) is 5.92 Å². The van der Waals surface area contributed by atoms with Gasteiger partial charge in [0.2, 0.25) is 0 Å². The van der Waals surface area contributed by atoms with Crippen molar-refractivity contribution < 1.29 is 0 Å². The van der Waals surface area contributed by atoms with Crippen molar-refractivity contribution in [2.45, 2.75) is 26.2 Å². The Morgan fingerprint density at radius 2 is 2.24 bits per heavy atom. The molecule has 0 spiro atoms. The van der Waals surface area contributed by atoms with Gasteiger partial charge in [0.1, 0.15) is 0 Å². The molecule has 0 saturated carbocycles. The van der Waals surface area contributed by atoms with Crippen LogP contribution in [0.2, 0.25) is 10.2 Å². The van der Waals surface area contributed by atoms with Gasteiger partial charge >= 0.3 is 0 Å². The summed E-state index contributed by atoms with van der Waals surface area (Å²) in [5.74, 6) is 0.662. The van der Waals surface area contributed by atoms with Crippen LogP contribution in [0, 0.1) is 5.92 Å². The third kappa shape index (κ3) is 3.54. The Bertz CT molecular complexity index is 384. The molecule has 1 saturated heterocycles. The average Bonchev–Trinajstić information content (AvgIpc) is 2.34. The fourth-order valence-corrected chi connectivity index (χ4v) is 2.65. The number of piperidine rings is 1. The maximum absolute atomic E-state index is 5.94. The molecule has 94 valence electrons. The van der Waals surface area contributed by atoms with E-state index in [9.17, 15) is 0 Å². The molecule has 0 N–H and O–H groups in total. The molecule has 1 aromatic rings. The minimum atomic E-state index is 0.286. The summed E-state index contributed by atoms with van der Waals surface area (Å²) in [4.78, 5) is 2.49. The summed E-state index contributed by atoms with van der Waals surface area (Å²) in [6.45, 7) is 5.71. The van der Waals surface area contributed by atoms with E-state index >= 15 is 0 Å². The van der Waals surface area contributed by atoms with Gasteiger partial charge in [-0.25, -0.2) is 0 Å². The first kappa shape index (κ1) is 13.1. The molecule has 17 heavy (non-hydrogen) atoms. The van der Waals surface area contributed by atoms with Gasteiger partial charge in [0, 0.05) is 6.54 Å². The van der Waals surface area contributed by atoms with Gasteiger partial charge in [-0.1, -0.05) is 30.1 Å². The van der Waals surface area contributed by atoms with Crippen molar-refractivity contribution in [3.8, 4) is 0 Å². The summed E-state index contributed by atoms with van der Waals surface area (Å²) >= 11 is 11.7. The maximum atomic E-state index is 5.94. The molecule has 0 bridgehead atoms. The van der Waals surface area contributed by atoms with Gasteiger partial charge in [-0.15, -0.1) is 5.10 Å². The van der Waals surface area contributed by atoms with Gasteiger partial charge in [0.15, 0.2) is 5.15 Å². The van der Waals surface area contributed by atoms with E-state index in [4.69, 9.17) is 23.2 Å². The van der Waals surface area contributed by atoms with E-state index in [1.54, 1.807) is 0 Å². The minimum Gasteiger partial charge on any atom is -0.303 e. The zero-order valence-corrected chi connectivity index (χ0v) is 11.5. The van der Waals surface area contributed by atoms with E-state index in [1.165, 1.54) is 19.4 Å². The molecule has 1 aliphatic heterocycles. The predicted octanol–water partition coefficient (Wildman–Crippen LogP) is 3.06. The molecule has 1 aromatic heterocycles. The van der Waals surface area contributed by atoms with E-state index in [-0.39, 0.29) is 5.15 Å². The number of aromatic nitrogens is 2. The van der Waals surface area contributed by atoms with Crippen LogP contribution >= 0.6 is 23.2 Å². The number of likely N-dealkylation sites (tertiary alicyclic amines) is 1. The van der Waals surface area contributed by atoms with Gasteiger partial charge in [0.05, 0.1) is 10.7 Å². The summed E-state index contributed by atoms with van der Waals surface area (Å²) in [5, 5.41) is 8.74. The quantitative estimate of drug-likeness (QED) is 0.848. The Morgan fingerprint density at radius 1 is 1.41 bits per heavy atom. The lowest BCUT2D eigenvalue weighted by Crippen LogP contribution is -2.36. The molecule has 5 heteroatoms. The second-order valence-electron chi connectivity index (χ2n) is 4.58. The monoisotopic (exact) mass is 273 g/mol. The van der Waals surface area contributed by atoms with E-state index in [0.717, 1.165) is 25.2 Å². The molecule has 0 aliphatic carbocycles. The smallest absolute Gasteiger partial charge is 0.170 e. The Kier molecular flexibility index (Phi) is 4.60. The van der Waals surface area contributed by atoms with Crippen LogP contribution in [0.3, 0.4) is 0 Å². The van der Waals surface area contributed by atoms with Crippen LogP contribution in [0.1, 0.15) is 25.5 Å². The molecule has 1 atom stereocenters. The van der Waals surface area contributed by atoms with Crippen LogP contribution in [0.25, 0.3) is 0 Å². The van der Waals surface area contributed by atoms with Gasteiger partial charge < -0.3 is 4.90 Å². The van der Waals surface area contributed by atoms with Crippen LogP contribution in [0.15, 0.2) is 6.07 Å². The highest BCUT2D eigenvalue weighted by Crippen LogP contribution is 2.23. The second kappa shape index (κ2) is 5.98. The molecular formula is C12H17Cl2N3. The second-order valence-corrected chi connectivity index (χ2v) is 5.35. The highest BCUT2D eigenvalue weighted by Gasteiger charge is 2.19. The van der Waals surface area contributed by atoms with Crippen LogP contribution < -0.4 is 0 Å². The van der Waals surface area contributed by atoms with E-state index in [0.29, 0.717) is 10.9 Å². The normalized spacial score (nSPS) is 21.7. The first-order chi connectivity index (χ1) is 8.19. The number of halogens is 2. The number of hydrogen-bond donors (Lipinski definition) is 0. The molecule has 0 radical (unpaired) electrons. The lowest BCUT2D eigenvalue weighted by molar-refractivity contribution is 0.181. The first-order valence-electron chi connectivity index (χ1n) is 6.09. The predicted molar refractivity (Wildman–Crippen MR) is 70.6 cm³/mol. The summed E-state index contributed by atoms with van der Waals surface area (Å²) in [7, 11) is 0. The lowest BCUT2D eigenvalue weighted by Gasteiger charge is -2.31. The first-order valence-corrected chi connectivity index (χ1v) is 6.84. The van der Waals surface area contributed by atoms with Crippen molar-refractivity contribution in [3.05, 3.63) is 21.9 Å². The Hall–Kier alpha value is -0.380. The summed E-state index contributed by atoms with van der Waals surface area (Å²) in [6, 6.07) is 1.84. The third-order valence-electron chi connectivity index (χ3n) is 3.30. The van der Waals surface area contributed by atoms with Crippen molar-refractivity contribution >= 4 is 23.2 Å². The van der Waals surface area contributed by atoms with E-state index < -0.39 is 0 Å². The lowest BCUT2D eigenvalue weighted by atomic mass is 9.93. The topological polar surface area (TPSA) is 29.0 Å². The zero-order chi connectivity index (χ0) is 12.3. The fraction of sp³-hybridized carbons (Fsp3) is 0.667. The Balaban J connectivity index is 1.97. The van der Waals surface area contributed by atoms with Crippen molar-refractivity contribution in [1.29, 1.82) is 0 Å². The molecule has 1 fully saturated rings. The largest absolute Gasteiger partial charge is 0.303 e. The summed E-state index contributed by atoms with van der Waals surface area (Å²) < 4.78 is 0. The third-order valence-corrected chi connectivity index (χ3v) is 3.97. The van der Waals surface area contributed by atoms with Gasteiger partial charge in [-0.05, 0) is 44.3 Å². The molecule has 2 heterocycles. The molecule has 3 nitrogen and oxygen atoms in total. The fourth-order valence-electron chi connectivity index (χ4n) is 2.39. The average molecular weight is 274 g/mol. The summed E-state index contributed by atoms with van der Waals surface area (Å²) in [5.41, 5.74) is 0.947. The highest BCUT2D eigenvalue weighted by atomic mass is 35.5. The van der Waals surface area contributed by atoms with Gasteiger partial charge in [0.25, 0.3) is 0 Å². The van der Waals surface area contributed by atoms with Crippen molar-refractivity contribution in [1.82, 2.24) is 15.1 Å². The molecule has 0 aromatic carbocycles. The number of nitrogens with zero attached hydrogens (tertiary/aromatic N) is 3. The zero-order valence-electron chi connectivity index (χ0n) is 9.99. The van der Waals surface area contributed by atoms with Gasteiger partial charge in [-0.2, -0.15) is 5.10 Å². The van der Waals surface area contributed by atoms with Gasteiger partial charge in [-0.3, -0.25) is 0 Å². The molecule has 2 rings (SSSR count). The number of hydrogen-bond acceptors (Lipinski definition) is 3. The Morgan fingerprint density at radius 3 is 2.94 bits per heavy atom. The number of rotatable bonds is 3. The molecule has 1 unspecified atom stereocenters. The van der Waals surface area contributed by atoms with Crippen molar-refractivity contribution in [3.63, 3.8) is 0 Å². The van der Waals surface area contributed by atoms with E-state index in [1.807, 2.05) is 6.07 Å². The SMILES string of the molecule is CCN1CCCC(Cc2cc(Cl)c(Cl)nn2)C1. The maximum Gasteiger partial charge on any atom is 0.170 e. The van der Waals surface area contributed by atoms with Crippen LogP contribution in [-0.2, 0) is 6.42 Å². The standard InChI is InChI=1S/C12H17Cl2N3/c1-2-17-5-3-4-9(8-17)6-10-7-11(13)12(14)16-15-10/h7,9H,2-6,8H2,1H3. The van der Waals surface area contributed by atoms with E-state index in [2.05, 4.69) is 22.0 Å². The summed E-state index contributed by atoms with van der Waals surface area (Å²) in [6.07, 6.45) is 3.48. The van der Waals surface area contributed by atoms with Crippen molar-refractivity contribution in [2.75, 3.05) is 19.6 Å². The highest BCUT2D eigenvalue weighted by molar-refractivity contribution is 6.41. The minimum absolute atomic E-state index is 0.286. The van der Waals surface area contributed by atoms with Crippen LogP contribution in [-0.4, -0.2) is 34.7 Å². The van der Waals surface area contributed by atoms with Crippen LogP contribution in [0.5, 0.6) is 0 Å². The molecule has 0 amide bonds. The van der Waals surface area contributed by atoms with Crippen LogP contribution in [0.4, 0.5) is 0 Å². The molecular weight excluding hydrogens is 257 g/mol. The molecule has 1 aliphatic rings. The Labute approximate surface area is 112 Å².